The number of benzene rings is 1. The summed E-state index contributed by atoms with van der Waals surface area (Å²) in [6, 6.07) is 5.63. The van der Waals surface area contributed by atoms with E-state index in [1.165, 1.54) is 0 Å². The van der Waals surface area contributed by atoms with Crippen LogP contribution >= 0.6 is 23.2 Å². The van der Waals surface area contributed by atoms with Crippen molar-refractivity contribution in [2.75, 3.05) is 29.7 Å². The van der Waals surface area contributed by atoms with Crippen LogP contribution in [0.2, 0.25) is 0 Å². The Balaban J connectivity index is 2.88. The molecule has 1 aromatic carbocycles. The second kappa shape index (κ2) is 12.1. The van der Waals surface area contributed by atoms with E-state index in [-0.39, 0.29) is 6.42 Å². The number of rotatable bonds is 11. The van der Waals surface area contributed by atoms with Crippen molar-refractivity contribution in [3.05, 3.63) is 29.3 Å². The first-order valence-corrected chi connectivity index (χ1v) is 10.8. The van der Waals surface area contributed by atoms with Crippen molar-refractivity contribution in [1.29, 1.82) is 0 Å². The predicted molar refractivity (Wildman–Crippen MR) is 119 cm³/mol. The molecular weight excluding hydrogens is 415 g/mol. The smallest absolute Gasteiger partial charge is 0.407 e. The number of alkyl halides is 2. The van der Waals surface area contributed by atoms with Crippen LogP contribution in [0.15, 0.2) is 18.2 Å². The number of amides is 1. The van der Waals surface area contributed by atoms with Crippen LogP contribution < -0.4 is 10.2 Å². The number of aliphatic carboxylic acids is 1. The lowest BCUT2D eigenvalue weighted by molar-refractivity contribution is -0.137. The molecule has 164 valence electrons. The van der Waals surface area contributed by atoms with E-state index in [0.29, 0.717) is 37.7 Å². The Morgan fingerprint density at radius 1 is 1.21 bits per heavy atom. The fourth-order valence-corrected chi connectivity index (χ4v) is 3.35. The van der Waals surface area contributed by atoms with E-state index < -0.39 is 23.7 Å². The zero-order chi connectivity index (χ0) is 22.0. The third-order valence-corrected chi connectivity index (χ3v) is 4.65. The Labute approximate surface area is 183 Å². The molecular formula is C21H32Cl2N2O4. The van der Waals surface area contributed by atoms with Gasteiger partial charge in [-0.3, -0.25) is 4.79 Å². The van der Waals surface area contributed by atoms with Crippen LogP contribution in [-0.4, -0.2) is 53.7 Å². The van der Waals surface area contributed by atoms with Crippen molar-refractivity contribution in [1.82, 2.24) is 5.32 Å². The van der Waals surface area contributed by atoms with E-state index >= 15 is 0 Å². The largest absolute Gasteiger partial charge is 0.481 e. The molecule has 0 heterocycles. The lowest BCUT2D eigenvalue weighted by atomic mass is 9.98. The molecule has 1 aromatic rings. The molecule has 0 aromatic heterocycles. The Kier molecular flexibility index (Phi) is 10.6. The molecule has 0 saturated carbocycles. The number of nitrogens with zero attached hydrogens (tertiary/aromatic N) is 1. The number of carbonyl (C=O) groups excluding carboxylic acids is 1. The van der Waals surface area contributed by atoms with Gasteiger partial charge >= 0.3 is 12.1 Å². The Morgan fingerprint density at radius 2 is 1.83 bits per heavy atom. The molecule has 0 bridgehead atoms. The molecule has 1 atom stereocenters. The number of carbonyl (C=O) groups is 2. The van der Waals surface area contributed by atoms with Gasteiger partial charge in [0.05, 0.1) is 6.42 Å². The van der Waals surface area contributed by atoms with Gasteiger partial charge in [-0.1, -0.05) is 6.07 Å². The van der Waals surface area contributed by atoms with Gasteiger partial charge in [0.25, 0.3) is 0 Å². The summed E-state index contributed by atoms with van der Waals surface area (Å²) in [4.78, 5) is 25.4. The summed E-state index contributed by atoms with van der Waals surface area (Å²) < 4.78 is 5.26. The minimum Gasteiger partial charge on any atom is -0.481 e. The number of aryl methyl sites for hydroxylation is 2. The summed E-state index contributed by atoms with van der Waals surface area (Å²) in [6.07, 6.45) is 0.344. The molecule has 1 amide bonds. The van der Waals surface area contributed by atoms with E-state index in [4.69, 9.17) is 27.9 Å². The summed E-state index contributed by atoms with van der Waals surface area (Å²) >= 11 is 11.8. The molecule has 0 aliphatic carbocycles. The lowest BCUT2D eigenvalue weighted by Gasteiger charge is -2.25. The highest BCUT2D eigenvalue weighted by atomic mass is 35.5. The highest BCUT2D eigenvalue weighted by Crippen LogP contribution is 2.22. The second-order valence-corrected chi connectivity index (χ2v) is 8.71. The summed E-state index contributed by atoms with van der Waals surface area (Å²) in [5.41, 5.74) is 2.59. The van der Waals surface area contributed by atoms with Gasteiger partial charge in [-0.15, -0.1) is 23.2 Å². The van der Waals surface area contributed by atoms with Crippen LogP contribution in [0.1, 0.15) is 44.7 Å². The number of carboxylic acid groups (broad SMARTS) is 1. The van der Waals surface area contributed by atoms with Gasteiger partial charge in [0, 0.05) is 36.6 Å². The van der Waals surface area contributed by atoms with Crippen LogP contribution in [0.3, 0.4) is 0 Å². The zero-order valence-electron chi connectivity index (χ0n) is 17.6. The van der Waals surface area contributed by atoms with Gasteiger partial charge < -0.3 is 20.1 Å². The number of hydrogen-bond acceptors (Lipinski definition) is 4. The number of halogens is 2. The third kappa shape index (κ3) is 10.1. The van der Waals surface area contributed by atoms with E-state index in [9.17, 15) is 14.7 Å². The molecule has 0 aliphatic heterocycles. The molecule has 1 unspecified atom stereocenters. The number of nitrogens with one attached hydrogen (secondary N) is 1. The summed E-state index contributed by atoms with van der Waals surface area (Å²) in [7, 11) is 0. The fraction of sp³-hybridized carbons (Fsp3) is 0.619. The van der Waals surface area contributed by atoms with Crippen molar-refractivity contribution in [2.45, 2.75) is 58.6 Å². The highest BCUT2D eigenvalue weighted by Gasteiger charge is 2.21. The third-order valence-electron chi connectivity index (χ3n) is 4.31. The molecule has 0 spiro atoms. The monoisotopic (exact) mass is 446 g/mol. The van der Waals surface area contributed by atoms with Gasteiger partial charge in [-0.05, 0) is 63.8 Å². The molecule has 29 heavy (non-hydrogen) atoms. The molecule has 2 N–H and O–H groups in total. The summed E-state index contributed by atoms with van der Waals surface area (Å²) in [5.74, 6) is 0.0354. The van der Waals surface area contributed by atoms with E-state index in [2.05, 4.69) is 16.3 Å². The van der Waals surface area contributed by atoms with Crippen molar-refractivity contribution in [3.63, 3.8) is 0 Å². The van der Waals surface area contributed by atoms with Gasteiger partial charge in [-0.25, -0.2) is 4.79 Å². The molecule has 8 heteroatoms. The van der Waals surface area contributed by atoms with Crippen molar-refractivity contribution in [3.8, 4) is 0 Å². The maximum Gasteiger partial charge on any atom is 0.407 e. The standard InChI is InChI=1S/C21H32Cl2N2O4/c1-15-5-8-18(25(11-9-22)12-10-23)13-16(15)6-7-17(14-19(26)27)24-20(28)29-21(2,3)4/h5,8,13,17H,6-7,9-12,14H2,1-4H3,(H,24,28)(H,26,27). The number of anilines is 1. The van der Waals surface area contributed by atoms with Crippen molar-refractivity contribution >= 4 is 41.0 Å². The van der Waals surface area contributed by atoms with E-state index in [1.54, 1.807) is 20.8 Å². The quantitative estimate of drug-likeness (QED) is 0.486. The van der Waals surface area contributed by atoms with Crippen LogP contribution in [0.4, 0.5) is 10.5 Å². The normalized spacial score (nSPS) is 12.3. The first-order chi connectivity index (χ1) is 13.6. The van der Waals surface area contributed by atoms with E-state index in [0.717, 1.165) is 16.8 Å². The second-order valence-electron chi connectivity index (χ2n) is 7.96. The SMILES string of the molecule is Cc1ccc(N(CCCl)CCCl)cc1CCC(CC(=O)O)NC(=O)OC(C)(C)C. The minimum atomic E-state index is -0.966. The maximum absolute atomic E-state index is 12.1. The van der Waals surface area contributed by atoms with Crippen LogP contribution in [0.25, 0.3) is 0 Å². The average Bonchev–Trinajstić information content (AvgIpc) is 2.58. The van der Waals surface area contributed by atoms with Crippen molar-refractivity contribution < 1.29 is 19.4 Å². The van der Waals surface area contributed by atoms with Crippen LogP contribution in [0.5, 0.6) is 0 Å². The lowest BCUT2D eigenvalue weighted by Crippen LogP contribution is -2.40. The molecule has 0 aliphatic rings. The highest BCUT2D eigenvalue weighted by molar-refractivity contribution is 6.18. The summed E-state index contributed by atoms with van der Waals surface area (Å²) in [5, 5.41) is 11.9. The molecule has 0 fully saturated rings. The summed E-state index contributed by atoms with van der Waals surface area (Å²) in [6.45, 7) is 8.69. The topological polar surface area (TPSA) is 78.9 Å². The zero-order valence-corrected chi connectivity index (χ0v) is 19.1. The molecule has 0 saturated heterocycles. The van der Waals surface area contributed by atoms with Crippen LogP contribution in [-0.2, 0) is 16.0 Å². The predicted octanol–water partition coefficient (Wildman–Crippen LogP) is 4.58. The number of ether oxygens (including phenoxy) is 1. The number of alkyl carbamates (subject to hydrolysis) is 1. The maximum atomic E-state index is 12.1. The first-order valence-electron chi connectivity index (χ1n) is 9.73. The number of hydrogen-bond donors (Lipinski definition) is 2. The van der Waals surface area contributed by atoms with Gasteiger partial charge in [0.2, 0.25) is 0 Å². The van der Waals surface area contributed by atoms with Gasteiger partial charge in [-0.2, -0.15) is 0 Å². The first kappa shape index (κ1) is 25.4. The Morgan fingerprint density at radius 3 is 2.34 bits per heavy atom. The minimum absolute atomic E-state index is 0.164. The van der Waals surface area contributed by atoms with E-state index in [1.807, 2.05) is 19.1 Å². The average molecular weight is 447 g/mol. The fourth-order valence-electron chi connectivity index (χ4n) is 2.94. The Hall–Kier alpha value is -1.66. The van der Waals surface area contributed by atoms with Crippen molar-refractivity contribution in [2.24, 2.45) is 0 Å². The molecule has 1 rings (SSSR count). The Bertz CT molecular complexity index is 671. The van der Waals surface area contributed by atoms with Gasteiger partial charge in [0.1, 0.15) is 5.60 Å². The molecule has 6 nitrogen and oxygen atoms in total. The number of carboxylic acids is 1. The van der Waals surface area contributed by atoms with Crippen LogP contribution in [0, 0.1) is 6.92 Å². The van der Waals surface area contributed by atoms with Gasteiger partial charge in [0.15, 0.2) is 0 Å². The molecule has 0 radical (unpaired) electrons.